The van der Waals surface area contributed by atoms with Gasteiger partial charge in [0.1, 0.15) is 6.04 Å². The maximum absolute atomic E-state index is 13.0. The Labute approximate surface area is 257 Å². The van der Waals surface area contributed by atoms with Crippen molar-refractivity contribution >= 4 is 17.7 Å². The van der Waals surface area contributed by atoms with E-state index in [9.17, 15) is 19.6 Å². The van der Waals surface area contributed by atoms with Gasteiger partial charge in [-0.1, -0.05) is 12.1 Å². The lowest BCUT2D eigenvalue weighted by molar-refractivity contribution is -0.130. The Morgan fingerprint density at radius 2 is 1.59 bits per heavy atom. The first-order valence-corrected chi connectivity index (χ1v) is 14.9. The topological polar surface area (TPSA) is 140 Å². The molecular weight excluding hydrogens is 558 g/mol. The van der Waals surface area contributed by atoms with E-state index in [0.717, 1.165) is 28.7 Å². The van der Waals surface area contributed by atoms with E-state index in [0.29, 0.717) is 55.7 Å². The van der Waals surface area contributed by atoms with Gasteiger partial charge in [-0.05, 0) is 90.4 Å². The van der Waals surface area contributed by atoms with Crippen molar-refractivity contribution in [3.8, 4) is 6.07 Å². The zero-order chi connectivity index (χ0) is 31.6. The number of aromatic nitrogens is 4. The third-order valence-electron chi connectivity index (χ3n) is 8.67. The van der Waals surface area contributed by atoms with Gasteiger partial charge in [0.05, 0.1) is 25.1 Å². The lowest BCUT2D eigenvalue weighted by atomic mass is 9.69. The number of amides is 3. The predicted octanol–water partition coefficient (Wildman–Crippen LogP) is 1.54. The molecule has 5 rings (SSSR count). The third-order valence-corrected chi connectivity index (χ3v) is 8.67. The summed E-state index contributed by atoms with van der Waals surface area (Å²) in [6.07, 6.45) is 3.31. The molecule has 2 heterocycles. The van der Waals surface area contributed by atoms with E-state index in [1.807, 2.05) is 36.4 Å². The van der Waals surface area contributed by atoms with Gasteiger partial charge in [-0.15, -0.1) is 10.2 Å². The van der Waals surface area contributed by atoms with E-state index in [4.69, 9.17) is 5.10 Å². The van der Waals surface area contributed by atoms with E-state index >= 15 is 0 Å². The van der Waals surface area contributed by atoms with Crippen molar-refractivity contribution in [3.63, 3.8) is 0 Å². The molecule has 44 heavy (non-hydrogen) atoms. The molecule has 1 saturated heterocycles. The van der Waals surface area contributed by atoms with Crippen LogP contribution in [-0.2, 0) is 30.1 Å². The Morgan fingerprint density at radius 3 is 2.09 bits per heavy atom. The zero-order valence-electron chi connectivity index (χ0n) is 26.0. The molecule has 0 radical (unpaired) electrons. The van der Waals surface area contributed by atoms with Crippen molar-refractivity contribution in [2.24, 2.45) is 7.05 Å². The summed E-state index contributed by atoms with van der Waals surface area (Å²) in [6.45, 7) is 1.13. The predicted molar refractivity (Wildman–Crippen MR) is 163 cm³/mol. The Hall–Kier alpha value is -4.63. The molecule has 1 aliphatic heterocycles. The molecule has 1 aromatic heterocycles. The largest absolute Gasteiger partial charge is 0.345 e. The molecule has 1 aliphatic carbocycles. The Bertz CT molecular complexity index is 1550. The molecule has 0 spiro atoms. The summed E-state index contributed by atoms with van der Waals surface area (Å²) in [4.78, 5) is 45.1. The van der Waals surface area contributed by atoms with Gasteiger partial charge in [0.2, 0.25) is 5.91 Å². The van der Waals surface area contributed by atoms with Crippen LogP contribution < -0.4 is 5.32 Å². The number of hydrogen-bond acceptors (Lipinski definition) is 8. The van der Waals surface area contributed by atoms with Crippen LogP contribution in [0.5, 0.6) is 0 Å². The standard InChI is InChI=1S/C32H39N9O3/c1-38(2)29(43)23-10-12-26-21(17-23)8-9-22-18-24(30(44)39(3)4)11-13-27(22)32(26,31-35-37-40(5)36-31)14-15-34-20-28(42)41-16-6-7-25(41)19-33/h10-13,17-18,25,34H,6-9,14-16,20H2,1-5H3/t25-/m0/s1. The summed E-state index contributed by atoms with van der Waals surface area (Å²) in [5, 5.41) is 26.2. The number of likely N-dealkylation sites (tertiary alicyclic amines) is 1. The summed E-state index contributed by atoms with van der Waals surface area (Å²) in [6, 6.07) is 13.4. The minimum Gasteiger partial charge on any atom is -0.345 e. The second-order valence-corrected chi connectivity index (χ2v) is 12.0. The lowest BCUT2D eigenvalue weighted by Gasteiger charge is -2.34. The second kappa shape index (κ2) is 12.5. The summed E-state index contributed by atoms with van der Waals surface area (Å²) < 4.78 is 0. The lowest BCUT2D eigenvalue weighted by Crippen LogP contribution is -2.42. The van der Waals surface area contributed by atoms with Crippen molar-refractivity contribution < 1.29 is 14.4 Å². The number of nitriles is 1. The van der Waals surface area contributed by atoms with E-state index < -0.39 is 5.41 Å². The van der Waals surface area contributed by atoms with Gasteiger partial charge in [-0.2, -0.15) is 10.1 Å². The smallest absolute Gasteiger partial charge is 0.253 e. The van der Waals surface area contributed by atoms with Gasteiger partial charge in [-0.25, -0.2) is 0 Å². The average Bonchev–Trinajstić information content (AvgIpc) is 3.66. The molecule has 12 nitrogen and oxygen atoms in total. The van der Waals surface area contributed by atoms with Crippen molar-refractivity contribution in [3.05, 3.63) is 75.6 Å². The first kappa shape index (κ1) is 30.8. The highest BCUT2D eigenvalue weighted by atomic mass is 16.2. The molecule has 230 valence electrons. The maximum Gasteiger partial charge on any atom is 0.253 e. The van der Waals surface area contributed by atoms with Crippen LogP contribution in [0.3, 0.4) is 0 Å². The second-order valence-electron chi connectivity index (χ2n) is 12.0. The summed E-state index contributed by atoms with van der Waals surface area (Å²) in [7, 11) is 8.65. The van der Waals surface area contributed by atoms with Gasteiger partial charge in [0.15, 0.2) is 5.82 Å². The number of fused-ring (bicyclic) bond motifs is 2. The summed E-state index contributed by atoms with van der Waals surface area (Å²) in [5.74, 6) is 0.227. The van der Waals surface area contributed by atoms with Crippen LogP contribution in [-0.4, -0.2) is 106 Å². The number of nitrogens with one attached hydrogen (secondary N) is 1. The SMILES string of the molecule is CN(C)C(=O)c1ccc2c(c1)CCc1cc(C(=O)N(C)C)ccc1C2(CCNCC(=O)N1CCC[C@H]1C#N)c1nnn(C)n1. The van der Waals surface area contributed by atoms with Gasteiger partial charge < -0.3 is 20.0 Å². The van der Waals surface area contributed by atoms with Gasteiger partial charge in [0.25, 0.3) is 11.8 Å². The summed E-state index contributed by atoms with van der Waals surface area (Å²) >= 11 is 0. The highest BCUT2D eigenvalue weighted by Gasteiger charge is 2.45. The number of tetrazole rings is 1. The summed E-state index contributed by atoms with van der Waals surface area (Å²) in [5.41, 5.74) is 4.20. The molecule has 0 bridgehead atoms. The average molecular weight is 598 g/mol. The number of hydrogen-bond donors (Lipinski definition) is 1. The monoisotopic (exact) mass is 597 g/mol. The number of carbonyl (C=O) groups is 3. The molecule has 3 aromatic rings. The van der Waals surface area contributed by atoms with Crippen molar-refractivity contribution in [1.29, 1.82) is 5.26 Å². The van der Waals surface area contributed by atoms with E-state index in [2.05, 4.69) is 21.7 Å². The zero-order valence-corrected chi connectivity index (χ0v) is 26.0. The molecule has 1 atom stereocenters. The maximum atomic E-state index is 13.0. The molecule has 1 fully saturated rings. The Kier molecular flexibility index (Phi) is 8.78. The minimum absolute atomic E-state index is 0.0885. The number of nitrogens with zero attached hydrogens (tertiary/aromatic N) is 8. The molecule has 1 N–H and O–H groups in total. The first-order valence-electron chi connectivity index (χ1n) is 14.9. The van der Waals surface area contributed by atoms with E-state index in [1.165, 1.54) is 4.80 Å². The Morgan fingerprint density at radius 1 is 1.00 bits per heavy atom. The number of rotatable bonds is 8. The van der Waals surface area contributed by atoms with Crippen molar-refractivity contribution in [2.45, 2.75) is 43.6 Å². The van der Waals surface area contributed by atoms with Crippen molar-refractivity contribution in [2.75, 3.05) is 47.8 Å². The van der Waals surface area contributed by atoms with Crippen LogP contribution >= 0.6 is 0 Å². The molecule has 2 aliphatic rings. The van der Waals surface area contributed by atoms with Crippen molar-refractivity contribution in [1.82, 2.24) is 40.2 Å². The molecular formula is C32H39N9O3. The number of benzene rings is 2. The van der Waals surface area contributed by atoms with Crippen LogP contribution in [0.25, 0.3) is 0 Å². The fourth-order valence-corrected chi connectivity index (χ4v) is 6.48. The fraction of sp³-hybridized carbons (Fsp3) is 0.469. The van der Waals surface area contributed by atoms with Crippen LogP contribution in [0.15, 0.2) is 36.4 Å². The normalized spacial score (nSPS) is 16.8. The molecule has 0 saturated carbocycles. The molecule has 12 heteroatoms. The van der Waals surface area contributed by atoms with Crippen LogP contribution in [0.2, 0.25) is 0 Å². The van der Waals surface area contributed by atoms with Crippen LogP contribution in [0, 0.1) is 11.3 Å². The number of aryl methyl sites for hydroxylation is 3. The van der Waals surface area contributed by atoms with E-state index in [-0.39, 0.29) is 30.3 Å². The van der Waals surface area contributed by atoms with Crippen LogP contribution in [0.4, 0.5) is 0 Å². The minimum atomic E-state index is -0.881. The van der Waals surface area contributed by atoms with Gasteiger partial charge in [0, 0.05) is 45.9 Å². The first-order chi connectivity index (χ1) is 21.1. The van der Waals surface area contributed by atoms with Gasteiger partial charge >= 0.3 is 0 Å². The highest BCUT2D eigenvalue weighted by Crippen LogP contribution is 2.46. The Balaban J connectivity index is 1.59. The fourth-order valence-electron chi connectivity index (χ4n) is 6.48. The third kappa shape index (κ3) is 5.67. The van der Waals surface area contributed by atoms with Gasteiger partial charge in [-0.3, -0.25) is 14.4 Å². The molecule has 3 amide bonds. The quantitative estimate of drug-likeness (QED) is 0.386. The van der Waals surface area contributed by atoms with Crippen LogP contribution in [0.1, 0.15) is 68.1 Å². The molecule has 0 unspecified atom stereocenters. The highest BCUT2D eigenvalue weighted by molar-refractivity contribution is 5.95. The number of carbonyl (C=O) groups excluding carboxylic acids is 3. The van der Waals surface area contributed by atoms with E-state index in [1.54, 1.807) is 49.9 Å². The molecule has 2 aromatic carbocycles.